The Bertz CT molecular complexity index is 268. The quantitative estimate of drug-likeness (QED) is 0.640. The molecule has 0 bridgehead atoms. The topological polar surface area (TPSA) is 58.3 Å². The average Bonchev–Trinajstić information content (AvgIpc) is 2.14. The first-order valence-corrected chi connectivity index (χ1v) is 4.10. The van der Waals surface area contributed by atoms with Crippen LogP contribution in [0.3, 0.4) is 0 Å². The zero-order valence-electron chi connectivity index (χ0n) is 7.20. The largest absolute Gasteiger partial charge is 0.390 e. The Morgan fingerprint density at radius 2 is 2.31 bits per heavy atom. The van der Waals surface area contributed by atoms with Gasteiger partial charge in [-0.15, -0.1) is 0 Å². The van der Waals surface area contributed by atoms with Gasteiger partial charge in [-0.3, -0.25) is 0 Å². The smallest absolute Gasteiger partial charge is 0.125 e. The molecule has 0 radical (unpaired) electrons. The molecule has 0 fully saturated rings. The minimum Gasteiger partial charge on any atom is -0.390 e. The number of hydrogen-bond acceptors (Lipinski definition) is 3. The molecular weight excluding hydrogens is 171 g/mol. The van der Waals surface area contributed by atoms with Gasteiger partial charge in [0.15, 0.2) is 0 Å². The summed E-state index contributed by atoms with van der Waals surface area (Å²) >= 11 is 0. The first-order chi connectivity index (χ1) is 6.22. The fourth-order valence-electron chi connectivity index (χ4n) is 0.917. The van der Waals surface area contributed by atoms with E-state index in [-0.39, 0.29) is 12.4 Å². The maximum absolute atomic E-state index is 12.6. The Morgan fingerprint density at radius 1 is 1.54 bits per heavy atom. The van der Waals surface area contributed by atoms with Crippen LogP contribution in [-0.2, 0) is 0 Å². The normalized spacial score (nSPS) is 12.5. The summed E-state index contributed by atoms with van der Waals surface area (Å²) in [5.74, 6) is -0.299. The van der Waals surface area contributed by atoms with E-state index in [4.69, 9.17) is 10.8 Å². The van der Waals surface area contributed by atoms with E-state index in [9.17, 15) is 4.39 Å². The van der Waals surface area contributed by atoms with Crippen LogP contribution in [-0.4, -0.2) is 24.3 Å². The molecule has 0 aliphatic rings. The van der Waals surface area contributed by atoms with Crippen molar-refractivity contribution in [1.82, 2.24) is 0 Å². The van der Waals surface area contributed by atoms with Gasteiger partial charge in [0.1, 0.15) is 5.82 Å². The van der Waals surface area contributed by atoms with Crippen molar-refractivity contribution in [2.45, 2.75) is 6.10 Å². The molecule has 72 valence electrons. The minimum absolute atomic E-state index is 0.197. The molecule has 0 aliphatic carbocycles. The maximum Gasteiger partial charge on any atom is 0.125 e. The van der Waals surface area contributed by atoms with Crippen molar-refractivity contribution in [3.8, 4) is 0 Å². The van der Waals surface area contributed by atoms with Gasteiger partial charge >= 0.3 is 0 Å². The van der Waals surface area contributed by atoms with Gasteiger partial charge < -0.3 is 16.2 Å². The van der Waals surface area contributed by atoms with Crippen LogP contribution in [0, 0.1) is 5.82 Å². The summed E-state index contributed by atoms with van der Waals surface area (Å²) in [6.07, 6.45) is -0.594. The van der Waals surface area contributed by atoms with Crippen LogP contribution in [0.15, 0.2) is 24.3 Å². The SMILES string of the molecule is NCC(O)CNc1cccc(F)c1. The van der Waals surface area contributed by atoms with Gasteiger partial charge in [0.05, 0.1) is 6.10 Å². The predicted molar refractivity (Wildman–Crippen MR) is 50.0 cm³/mol. The third-order valence-electron chi connectivity index (χ3n) is 1.64. The van der Waals surface area contributed by atoms with Crippen molar-refractivity contribution in [2.75, 3.05) is 18.4 Å². The van der Waals surface area contributed by atoms with Gasteiger partial charge in [-0.2, -0.15) is 0 Å². The Balaban J connectivity index is 2.45. The molecule has 3 nitrogen and oxygen atoms in total. The molecule has 0 spiro atoms. The van der Waals surface area contributed by atoms with Gasteiger partial charge in [-0.1, -0.05) is 6.07 Å². The van der Waals surface area contributed by atoms with Crippen molar-refractivity contribution < 1.29 is 9.50 Å². The van der Waals surface area contributed by atoms with E-state index in [2.05, 4.69) is 5.32 Å². The first kappa shape index (κ1) is 9.95. The van der Waals surface area contributed by atoms with Gasteiger partial charge in [0.25, 0.3) is 0 Å². The second-order valence-corrected chi connectivity index (χ2v) is 2.78. The molecule has 0 aromatic heterocycles. The Morgan fingerprint density at radius 3 is 2.92 bits per heavy atom. The molecule has 1 atom stereocenters. The third-order valence-corrected chi connectivity index (χ3v) is 1.64. The molecule has 0 saturated heterocycles. The van der Waals surface area contributed by atoms with E-state index >= 15 is 0 Å². The standard InChI is InChI=1S/C9H13FN2O/c10-7-2-1-3-8(4-7)12-6-9(13)5-11/h1-4,9,12-13H,5-6,11H2. The van der Waals surface area contributed by atoms with E-state index in [0.717, 1.165) is 0 Å². The number of aliphatic hydroxyl groups is 1. The number of anilines is 1. The van der Waals surface area contributed by atoms with Gasteiger partial charge in [-0.05, 0) is 18.2 Å². The predicted octanol–water partition coefficient (Wildman–Crippen LogP) is 0.557. The number of nitrogens with one attached hydrogen (secondary N) is 1. The first-order valence-electron chi connectivity index (χ1n) is 4.10. The molecule has 0 saturated carbocycles. The van der Waals surface area contributed by atoms with Crippen LogP contribution in [0.25, 0.3) is 0 Å². The Hall–Kier alpha value is -1.13. The second kappa shape index (κ2) is 4.79. The molecule has 4 heteroatoms. The van der Waals surface area contributed by atoms with Crippen molar-refractivity contribution >= 4 is 5.69 Å². The minimum atomic E-state index is -0.594. The number of rotatable bonds is 4. The van der Waals surface area contributed by atoms with Crippen LogP contribution < -0.4 is 11.1 Å². The summed E-state index contributed by atoms with van der Waals surface area (Å²) in [6.45, 7) is 0.530. The summed E-state index contributed by atoms with van der Waals surface area (Å²) in [4.78, 5) is 0. The van der Waals surface area contributed by atoms with E-state index in [1.54, 1.807) is 12.1 Å². The summed E-state index contributed by atoms with van der Waals surface area (Å²) in [5, 5.41) is 12.0. The highest BCUT2D eigenvalue weighted by molar-refractivity contribution is 5.43. The monoisotopic (exact) mass is 184 g/mol. The van der Waals surface area contributed by atoms with Gasteiger partial charge in [-0.25, -0.2) is 4.39 Å². The highest BCUT2D eigenvalue weighted by Crippen LogP contribution is 2.08. The summed E-state index contributed by atoms with van der Waals surface area (Å²) in [7, 11) is 0. The maximum atomic E-state index is 12.6. The van der Waals surface area contributed by atoms with Crippen LogP contribution >= 0.6 is 0 Å². The second-order valence-electron chi connectivity index (χ2n) is 2.78. The molecule has 1 aromatic rings. The molecule has 0 amide bonds. The molecule has 1 rings (SSSR count). The lowest BCUT2D eigenvalue weighted by Gasteiger charge is -2.10. The van der Waals surface area contributed by atoms with E-state index in [0.29, 0.717) is 12.2 Å². The number of aliphatic hydroxyl groups excluding tert-OH is 1. The third kappa shape index (κ3) is 3.40. The molecule has 1 unspecified atom stereocenters. The van der Waals surface area contributed by atoms with Crippen molar-refractivity contribution in [2.24, 2.45) is 5.73 Å². The van der Waals surface area contributed by atoms with E-state index in [1.807, 2.05) is 0 Å². The summed E-state index contributed by atoms with van der Waals surface area (Å²) in [6, 6.07) is 6.06. The van der Waals surface area contributed by atoms with E-state index < -0.39 is 6.10 Å². The van der Waals surface area contributed by atoms with Gasteiger partial charge in [0.2, 0.25) is 0 Å². The Kier molecular flexibility index (Phi) is 3.67. The number of halogens is 1. The van der Waals surface area contributed by atoms with Crippen molar-refractivity contribution in [3.05, 3.63) is 30.1 Å². The fourth-order valence-corrected chi connectivity index (χ4v) is 0.917. The van der Waals surface area contributed by atoms with Crippen LogP contribution in [0.4, 0.5) is 10.1 Å². The fraction of sp³-hybridized carbons (Fsp3) is 0.333. The highest BCUT2D eigenvalue weighted by atomic mass is 19.1. The van der Waals surface area contributed by atoms with E-state index in [1.165, 1.54) is 12.1 Å². The van der Waals surface area contributed by atoms with Gasteiger partial charge in [0, 0.05) is 18.8 Å². The van der Waals surface area contributed by atoms with Crippen LogP contribution in [0.2, 0.25) is 0 Å². The lowest BCUT2D eigenvalue weighted by atomic mass is 10.3. The van der Waals surface area contributed by atoms with Crippen molar-refractivity contribution in [1.29, 1.82) is 0 Å². The van der Waals surface area contributed by atoms with Crippen LogP contribution in [0.1, 0.15) is 0 Å². The summed E-state index contributed by atoms with van der Waals surface area (Å²) < 4.78 is 12.6. The number of benzene rings is 1. The van der Waals surface area contributed by atoms with Crippen LogP contribution in [0.5, 0.6) is 0 Å². The number of nitrogens with two attached hydrogens (primary N) is 1. The highest BCUT2D eigenvalue weighted by Gasteiger charge is 2.00. The average molecular weight is 184 g/mol. The molecule has 0 aliphatic heterocycles. The zero-order chi connectivity index (χ0) is 9.68. The lowest BCUT2D eigenvalue weighted by molar-refractivity contribution is 0.196. The molecule has 0 heterocycles. The zero-order valence-corrected chi connectivity index (χ0v) is 7.20. The molecule has 13 heavy (non-hydrogen) atoms. The molecule has 4 N–H and O–H groups in total. The summed E-state index contributed by atoms with van der Waals surface area (Å²) in [5.41, 5.74) is 5.85. The van der Waals surface area contributed by atoms with Crippen molar-refractivity contribution in [3.63, 3.8) is 0 Å². The Labute approximate surface area is 76.4 Å². The lowest BCUT2D eigenvalue weighted by Crippen LogP contribution is -2.27. The molecule has 1 aromatic carbocycles. The number of hydrogen-bond donors (Lipinski definition) is 3. The molecular formula is C9H13FN2O.